The van der Waals surface area contributed by atoms with Gasteiger partial charge in [-0.25, -0.2) is 12.7 Å². The van der Waals surface area contributed by atoms with E-state index in [2.05, 4.69) is 0 Å². The molecular formula is C13H17N3O4S. The molecule has 0 spiro atoms. The van der Waals surface area contributed by atoms with Crippen LogP contribution in [0, 0.1) is 0 Å². The molecule has 0 bridgehead atoms. The second-order valence-electron chi connectivity index (χ2n) is 5.03. The Hall–Kier alpha value is -2.09. The lowest BCUT2D eigenvalue weighted by Gasteiger charge is -2.15. The fraction of sp³-hybridized carbons (Fsp3) is 0.385. The number of amides is 2. The summed E-state index contributed by atoms with van der Waals surface area (Å²) >= 11 is 0. The number of rotatable bonds is 4. The quantitative estimate of drug-likeness (QED) is 0.805. The van der Waals surface area contributed by atoms with Crippen molar-refractivity contribution >= 4 is 27.5 Å². The van der Waals surface area contributed by atoms with Crippen molar-refractivity contribution in [1.82, 2.24) is 9.21 Å². The van der Waals surface area contributed by atoms with Gasteiger partial charge in [-0.1, -0.05) is 0 Å². The normalized spacial score (nSPS) is 15.9. The van der Waals surface area contributed by atoms with E-state index in [-0.39, 0.29) is 35.8 Å². The second kappa shape index (κ2) is 5.36. The lowest BCUT2D eigenvalue weighted by Crippen LogP contribution is -2.32. The van der Waals surface area contributed by atoms with Gasteiger partial charge in [-0.3, -0.25) is 9.59 Å². The number of nitrogen functional groups attached to an aromatic ring is 1. The number of fused-ring (bicyclic) bond motifs is 1. The van der Waals surface area contributed by atoms with E-state index < -0.39 is 15.9 Å². The van der Waals surface area contributed by atoms with E-state index in [0.717, 1.165) is 4.31 Å². The summed E-state index contributed by atoms with van der Waals surface area (Å²) in [5.74, 6) is -0.699. The zero-order valence-corrected chi connectivity index (χ0v) is 12.7. The van der Waals surface area contributed by atoms with Crippen molar-refractivity contribution in [2.24, 2.45) is 0 Å². The highest BCUT2D eigenvalue weighted by atomic mass is 32.2. The number of carbonyl (C=O) groups is 2. The van der Waals surface area contributed by atoms with Crippen LogP contribution < -0.4 is 5.73 Å². The van der Waals surface area contributed by atoms with Gasteiger partial charge >= 0.3 is 0 Å². The first-order valence-corrected chi connectivity index (χ1v) is 7.86. The Morgan fingerprint density at radius 3 is 2.62 bits per heavy atom. The monoisotopic (exact) mass is 311 g/mol. The van der Waals surface area contributed by atoms with Crippen LogP contribution in [-0.4, -0.2) is 50.1 Å². The zero-order valence-electron chi connectivity index (χ0n) is 11.9. The molecule has 1 heterocycles. The minimum Gasteiger partial charge on any atom is -0.399 e. The molecule has 114 valence electrons. The second-order valence-corrected chi connectivity index (χ2v) is 6.86. The lowest BCUT2D eigenvalue weighted by atomic mass is 10.2. The number of anilines is 1. The van der Waals surface area contributed by atoms with E-state index in [0.29, 0.717) is 5.69 Å². The average molecular weight is 311 g/mol. The first kappa shape index (κ1) is 15.3. The standard InChI is InChI=1S/C13H17N3O4S/c1-15(2)12(17)4-3-7-16-13(18)10-8-9(14)5-6-11(10)21(16,19)20/h5-6,8H,3-4,7,14H2,1-2H3. The maximum Gasteiger partial charge on any atom is 0.269 e. The summed E-state index contributed by atoms with van der Waals surface area (Å²) in [5.41, 5.74) is 6.01. The zero-order chi connectivity index (χ0) is 15.8. The molecule has 8 heteroatoms. The Morgan fingerprint density at radius 2 is 2.00 bits per heavy atom. The molecule has 1 aromatic rings. The summed E-state index contributed by atoms with van der Waals surface area (Å²) in [7, 11) is -0.580. The minimum atomic E-state index is -3.83. The molecule has 1 aromatic carbocycles. The Morgan fingerprint density at radius 1 is 1.33 bits per heavy atom. The molecule has 0 fully saturated rings. The van der Waals surface area contributed by atoms with Gasteiger partial charge in [-0.2, -0.15) is 0 Å². The summed E-state index contributed by atoms with van der Waals surface area (Å²) in [6, 6.07) is 4.14. The molecule has 7 nitrogen and oxygen atoms in total. The van der Waals surface area contributed by atoms with Crippen LogP contribution in [0.4, 0.5) is 5.69 Å². The molecule has 0 aliphatic carbocycles. The Kier molecular flexibility index (Phi) is 3.91. The first-order chi connectivity index (χ1) is 9.75. The minimum absolute atomic E-state index is 0.0185. The highest BCUT2D eigenvalue weighted by Gasteiger charge is 2.40. The SMILES string of the molecule is CN(C)C(=O)CCCN1C(=O)c2cc(N)ccc2S1(=O)=O. The van der Waals surface area contributed by atoms with Gasteiger partial charge in [0.2, 0.25) is 5.91 Å². The summed E-state index contributed by atoms with van der Waals surface area (Å²) in [4.78, 5) is 25.0. The Bertz CT molecular complexity index is 697. The summed E-state index contributed by atoms with van der Waals surface area (Å²) in [6.45, 7) is -0.0185. The topological polar surface area (TPSA) is 101 Å². The third kappa shape index (κ3) is 2.71. The van der Waals surface area contributed by atoms with Crippen LogP contribution in [0.25, 0.3) is 0 Å². The van der Waals surface area contributed by atoms with Gasteiger partial charge in [0.15, 0.2) is 0 Å². The van der Waals surface area contributed by atoms with Crippen molar-refractivity contribution in [1.29, 1.82) is 0 Å². The van der Waals surface area contributed by atoms with Crippen molar-refractivity contribution in [3.63, 3.8) is 0 Å². The van der Waals surface area contributed by atoms with Crippen molar-refractivity contribution in [2.75, 3.05) is 26.4 Å². The van der Waals surface area contributed by atoms with E-state index in [1.807, 2.05) is 0 Å². The van der Waals surface area contributed by atoms with Crippen LogP contribution in [0.2, 0.25) is 0 Å². The molecule has 0 radical (unpaired) electrons. The van der Waals surface area contributed by atoms with Crippen LogP contribution in [0.3, 0.4) is 0 Å². The molecule has 2 amide bonds. The first-order valence-electron chi connectivity index (χ1n) is 6.42. The molecule has 0 saturated carbocycles. The maximum atomic E-state index is 12.3. The average Bonchev–Trinajstić information content (AvgIpc) is 2.58. The van der Waals surface area contributed by atoms with Gasteiger partial charge in [-0.15, -0.1) is 0 Å². The van der Waals surface area contributed by atoms with Crippen molar-refractivity contribution in [3.05, 3.63) is 23.8 Å². The van der Waals surface area contributed by atoms with Crippen LogP contribution in [0.1, 0.15) is 23.2 Å². The van der Waals surface area contributed by atoms with Gasteiger partial charge in [0.25, 0.3) is 15.9 Å². The number of hydrogen-bond acceptors (Lipinski definition) is 5. The van der Waals surface area contributed by atoms with Gasteiger partial charge in [0, 0.05) is 32.7 Å². The van der Waals surface area contributed by atoms with E-state index >= 15 is 0 Å². The number of hydrogen-bond donors (Lipinski definition) is 1. The maximum absolute atomic E-state index is 12.3. The lowest BCUT2D eigenvalue weighted by molar-refractivity contribution is -0.128. The van der Waals surface area contributed by atoms with E-state index in [4.69, 9.17) is 5.73 Å². The summed E-state index contributed by atoms with van der Waals surface area (Å²) in [5, 5.41) is 0. The van der Waals surface area contributed by atoms with Gasteiger partial charge in [0.1, 0.15) is 4.90 Å². The molecule has 21 heavy (non-hydrogen) atoms. The molecule has 1 aliphatic rings. The number of nitrogens with zero attached hydrogens (tertiary/aromatic N) is 2. The van der Waals surface area contributed by atoms with Crippen molar-refractivity contribution < 1.29 is 18.0 Å². The molecule has 0 unspecified atom stereocenters. The van der Waals surface area contributed by atoms with E-state index in [1.165, 1.54) is 23.1 Å². The van der Waals surface area contributed by atoms with Crippen molar-refractivity contribution in [3.8, 4) is 0 Å². The van der Waals surface area contributed by atoms with Crippen LogP contribution in [-0.2, 0) is 14.8 Å². The predicted molar refractivity (Wildman–Crippen MR) is 77.0 cm³/mol. The highest BCUT2D eigenvalue weighted by molar-refractivity contribution is 7.90. The largest absolute Gasteiger partial charge is 0.399 e. The molecule has 0 saturated heterocycles. The Balaban J connectivity index is 2.16. The molecule has 2 N–H and O–H groups in total. The molecular weight excluding hydrogens is 294 g/mol. The van der Waals surface area contributed by atoms with Gasteiger partial charge in [0.05, 0.1) is 5.56 Å². The molecule has 0 aromatic heterocycles. The fourth-order valence-electron chi connectivity index (χ4n) is 2.12. The number of carbonyl (C=O) groups excluding carboxylic acids is 2. The van der Waals surface area contributed by atoms with Crippen LogP contribution in [0.15, 0.2) is 23.1 Å². The molecule has 0 atom stereocenters. The third-order valence-electron chi connectivity index (χ3n) is 3.28. The van der Waals surface area contributed by atoms with E-state index in [1.54, 1.807) is 14.1 Å². The fourth-order valence-corrected chi connectivity index (χ4v) is 3.71. The molecule has 1 aliphatic heterocycles. The summed E-state index contributed by atoms with van der Waals surface area (Å²) < 4.78 is 25.4. The number of benzene rings is 1. The van der Waals surface area contributed by atoms with Crippen LogP contribution >= 0.6 is 0 Å². The Labute approximate surface area is 123 Å². The van der Waals surface area contributed by atoms with Crippen LogP contribution in [0.5, 0.6) is 0 Å². The van der Waals surface area contributed by atoms with E-state index in [9.17, 15) is 18.0 Å². The molecule has 2 rings (SSSR count). The predicted octanol–water partition coefficient (Wildman–Crippen LogP) is 0.282. The third-order valence-corrected chi connectivity index (χ3v) is 5.12. The van der Waals surface area contributed by atoms with Crippen molar-refractivity contribution in [2.45, 2.75) is 17.7 Å². The number of nitrogens with two attached hydrogens (primary N) is 1. The smallest absolute Gasteiger partial charge is 0.269 e. The number of sulfonamides is 1. The summed E-state index contributed by atoms with van der Waals surface area (Å²) in [6.07, 6.45) is 0.468. The van der Waals surface area contributed by atoms with Gasteiger partial charge in [-0.05, 0) is 24.6 Å². The van der Waals surface area contributed by atoms with Gasteiger partial charge < -0.3 is 10.6 Å². The highest BCUT2D eigenvalue weighted by Crippen LogP contribution is 2.31.